The van der Waals surface area contributed by atoms with Crippen molar-refractivity contribution in [1.82, 2.24) is 5.32 Å². The predicted molar refractivity (Wildman–Crippen MR) is 115 cm³/mol. The summed E-state index contributed by atoms with van der Waals surface area (Å²) in [4.78, 5) is 3.56. The molecule has 4 atom stereocenters. The Morgan fingerprint density at radius 3 is 2.68 bits per heavy atom. The number of rotatable bonds is 2. The van der Waals surface area contributed by atoms with Crippen LogP contribution >= 0.6 is 11.8 Å². The molecule has 142 valence electrons. The molecule has 3 aliphatic heterocycles. The van der Waals surface area contributed by atoms with Crippen molar-refractivity contribution < 1.29 is 9.64 Å². The van der Waals surface area contributed by atoms with E-state index in [4.69, 9.17) is 4.74 Å². The number of benzene rings is 2. The van der Waals surface area contributed by atoms with Gasteiger partial charge >= 0.3 is 0 Å². The summed E-state index contributed by atoms with van der Waals surface area (Å²) in [7, 11) is 2.07. The number of allylic oxidation sites excluding steroid dienone is 2. The van der Waals surface area contributed by atoms with E-state index >= 15 is 0 Å². The minimum atomic E-state index is 0.249. The Morgan fingerprint density at radius 2 is 1.89 bits per heavy atom. The first-order valence-corrected chi connectivity index (χ1v) is 10.5. The van der Waals surface area contributed by atoms with Crippen molar-refractivity contribution in [2.24, 2.45) is 0 Å². The van der Waals surface area contributed by atoms with Crippen LogP contribution < -0.4 is 19.9 Å². The fraction of sp³-hybridized carbons (Fsp3) is 0.217. The summed E-state index contributed by atoms with van der Waals surface area (Å²) in [5.41, 5.74) is 4.75. The van der Waals surface area contributed by atoms with Gasteiger partial charge in [0.25, 0.3) is 0 Å². The Balaban J connectivity index is 1.51. The van der Waals surface area contributed by atoms with Gasteiger partial charge in [0, 0.05) is 31.8 Å². The van der Waals surface area contributed by atoms with E-state index in [9.17, 15) is 0 Å². The Kier molecular flexibility index (Phi) is 4.22. The zero-order chi connectivity index (χ0) is 19.3. The maximum absolute atomic E-state index is 6.16. The van der Waals surface area contributed by atoms with Gasteiger partial charge in [-0.05, 0) is 17.7 Å². The van der Waals surface area contributed by atoms with Crippen molar-refractivity contribution in [3.63, 3.8) is 0 Å². The quantitative estimate of drug-likeness (QED) is 0.822. The molecule has 1 saturated heterocycles. The Labute approximate surface area is 170 Å². The maximum Gasteiger partial charge on any atom is 0.203 e. The molecule has 0 bridgehead atoms. The third-order valence-electron chi connectivity index (χ3n) is 5.62. The van der Waals surface area contributed by atoms with Crippen LogP contribution in [0.5, 0.6) is 5.75 Å². The topological polar surface area (TPSA) is 28.9 Å². The highest BCUT2D eigenvalue weighted by Gasteiger charge is 2.49. The van der Waals surface area contributed by atoms with Crippen molar-refractivity contribution in [1.29, 1.82) is 0 Å². The van der Waals surface area contributed by atoms with E-state index in [0.29, 0.717) is 5.25 Å². The average Bonchev–Trinajstić information content (AvgIpc) is 3.21. The lowest BCUT2D eigenvalue weighted by atomic mass is 10.1. The molecular formula is C23H24N3OS+. The van der Waals surface area contributed by atoms with Gasteiger partial charge in [-0.15, -0.1) is 0 Å². The zero-order valence-corrected chi connectivity index (χ0v) is 16.9. The second-order valence-electron chi connectivity index (χ2n) is 7.45. The maximum atomic E-state index is 6.16. The molecular weight excluding hydrogens is 366 g/mol. The number of ether oxygens (including phenoxy) is 1. The second kappa shape index (κ2) is 6.76. The number of fused-ring (bicyclic) bond motifs is 2. The Hall–Kier alpha value is -2.63. The first kappa shape index (κ1) is 17.5. The van der Waals surface area contributed by atoms with Crippen LogP contribution in [0, 0.1) is 0 Å². The molecule has 1 fully saturated rings. The molecule has 0 aromatic heterocycles. The average molecular weight is 391 g/mol. The van der Waals surface area contributed by atoms with Crippen molar-refractivity contribution in [2.45, 2.75) is 23.7 Å². The summed E-state index contributed by atoms with van der Waals surface area (Å²) in [5.74, 6) is 1.82. The molecule has 0 radical (unpaired) electrons. The molecule has 0 spiro atoms. The van der Waals surface area contributed by atoms with Crippen LogP contribution in [0.1, 0.15) is 17.7 Å². The van der Waals surface area contributed by atoms with Crippen LogP contribution in [0.25, 0.3) is 0 Å². The lowest BCUT2D eigenvalue weighted by Gasteiger charge is -2.32. The molecule has 28 heavy (non-hydrogen) atoms. The van der Waals surface area contributed by atoms with Gasteiger partial charge < -0.3 is 15.0 Å². The molecule has 0 saturated carbocycles. The van der Waals surface area contributed by atoms with E-state index < -0.39 is 0 Å². The van der Waals surface area contributed by atoms with Crippen LogP contribution in [0.15, 0.2) is 90.6 Å². The third kappa shape index (κ3) is 2.82. The van der Waals surface area contributed by atoms with Crippen LogP contribution in [0.2, 0.25) is 0 Å². The lowest BCUT2D eigenvalue weighted by Crippen LogP contribution is -3.17. The Bertz CT molecular complexity index is 984. The number of quaternary nitrogens is 1. The predicted octanol–water partition coefficient (Wildman–Crippen LogP) is 3.40. The summed E-state index contributed by atoms with van der Waals surface area (Å²) in [6.45, 7) is 6.36. The van der Waals surface area contributed by atoms with Gasteiger partial charge in [-0.2, -0.15) is 0 Å². The summed E-state index contributed by atoms with van der Waals surface area (Å²) in [6, 6.07) is 18.9. The van der Waals surface area contributed by atoms with E-state index in [2.05, 4.69) is 79.3 Å². The van der Waals surface area contributed by atoms with E-state index in [1.165, 1.54) is 16.2 Å². The van der Waals surface area contributed by atoms with Gasteiger partial charge in [0.1, 0.15) is 10.9 Å². The number of para-hydroxylation sites is 2. The highest BCUT2D eigenvalue weighted by atomic mass is 32.2. The van der Waals surface area contributed by atoms with Gasteiger partial charge in [-0.25, -0.2) is 0 Å². The highest BCUT2D eigenvalue weighted by Crippen LogP contribution is 2.41. The molecule has 5 heteroatoms. The van der Waals surface area contributed by atoms with E-state index in [0.717, 1.165) is 23.0 Å². The summed E-state index contributed by atoms with van der Waals surface area (Å²) < 4.78 is 6.16. The number of nitrogens with one attached hydrogen (secondary N) is 2. The molecule has 3 heterocycles. The molecule has 3 aliphatic rings. The smallest absolute Gasteiger partial charge is 0.203 e. The number of hydrogen-bond acceptors (Lipinski definition) is 4. The number of anilines is 1. The number of nitrogens with zero attached hydrogens (tertiary/aromatic N) is 1. The van der Waals surface area contributed by atoms with E-state index in [1.54, 1.807) is 0 Å². The molecule has 5 rings (SSSR count). The van der Waals surface area contributed by atoms with Gasteiger partial charge in [0.05, 0.1) is 5.69 Å². The van der Waals surface area contributed by atoms with Crippen LogP contribution in [-0.2, 0) is 0 Å². The summed E-state index contributed by atoms with van der Waals surface area (Å²) in [6.07, 6.45) is 4.67. The van der Waals surface area contributed by atoms with Gasteiger partial charge in [-0.1, -0.05) is 60.8 Å². The second-order valence-corrected chi connectivity index (χ2v) is 8.74. The number of hydrogen-bond donors (Lipinski definition) is 2. The van der Waals surface area contributed by atoms with Crippen molar-refractivity contribution >= 4 is 17.4 Å². The van der Waals surface area contributed by atoms with Crippen molar-refractivity contribution in [3.8, 4) is 5.75 Å². The largest absolute Gasteiger partial charge is 0.439 e. The Morgan fingerprint density at radius 1 is 1.14 bits per heavy atom. The first-order valence-electron chi connectivity index (χ1n) is 9.55. The molecule has 2 aromatic carbocycles. The molecule has 4 unspecified atom stereocenters. The molecule has 2 N–H and O–H groups in total. The molecule has 0 amide bonds. The lowest BCUT2D eigenvalue weighted by molar-refractivity contribution is -0.890. The molecule has 4 nitrogen and oxygen atoms in total. The fourth-order valence-corrected chi connectivity index (χ4v) is 5.97. The third-order valence-corrected chi connectivity index (χ3v) is 7.14. The SMILES string of the molecule is C=C1C=C(C)[NH+]2C(C=C3Oc4ccccc4N3C)SC(c3ccccc3)C2N1. The zero-order valence-electron chi connectivity index (χ0n) is 16.1. The highest BCUT2D eigenvalue weighted by molar-refractivity contribution is 8.00. The standard InChI is InChI=1S/C23H23N3OS/c1-15-13-16(2)26-21(14-20-25(3)18-11-7-8-12-19(18)27-20)28-22(23(26)24-15)17-9-5-4-6-10-17/h4-14,21-24H,1H2,2-3H3/p+1. The first-order chi connectivity index (χ1) is 13.6. The minimum absolute atomic E-state index is 0.249. The molecule has 2 aromatic rings. The van der Waals surface area contributed by atoms with E-state index in [1.807, 2.05) is 30.0 Å². The van der Waals surface area contributed by atoms with Crippen LogP contribution in [-0.4, -0.2) is 18.6 Å². The summed E-state index contributed by atoms with van der Waals surface area (Å²) >= 11 is 1.98. The normalized spacial score (nSPS) is 29.8. The van der Waals surface area contributed by atoms with Crippen molar-refractivity contribution in [3.05, 3.63) is 96.2 Å². The fourth-order valence-electron chi connectivity index (χ4n) is 4.30. The molecule has 0 aliphatic carbocycles. The van der Waals surface area contributed by atoms with E-state index in [-0.39, 0.29) is 11.5 Å². The summed E-state index contributed by atoms with van der Waals surface area (Å²) in [5, 5.41) is 4.22. The van der Waals surface area contributed by atoms with Gasteiger partial charge in [0.15, 0.2) is 17.3 Å². The van der Waals surface area contributed by atoms with Gasteiger partial charge in [0.2, 0.25) is 5.88 Å². The van der Waals surface area contributed by atoms with Crippen molar-refractivity contribution in [2.75, 3.05) is 11.9 Å². The van der Waals surface area contributed by atoms with Gasteiger partial charge in [-0.3, -0.25) is 4.90 Å². The monoisotopic (exact) mass is 390 g/mol. The van der Waals surface area contributed by atoms with Crippen LogP contribution in [0.4, 0.5) is 5.69 Å². The minimum Gasteiger partial charge on any atom is -0.439 e. The van der Waals surface area contributed by atoms with Crippen LogP contribution in [0.3, 0.4) is 0 Å². The number of thioether (sulfide) groups is 1.